The largest absolute Gasteiger partial charge is 0.519 e. The molecule has 0 radical (unpaired) electrons. The van der Waals surface area contributed by atoms with E-state index in [1.165, 1.54) is 32.7 Å². The Morgan fingerprint density at radius 1 is 0.282 bits per heavy atom. The average Bonchev–Trinajstić information content (AvgIpc) is 1.56. The second kappa shape index (κ2) is 30.0. The van der Waals surface area contributed by atoms with Crippen LogP contribution < -0.4 is 42.8 Å². The standard InChI is InChI=1S/C87H69NO13S2/c1-84(2,58-18-10-7-11-19-58)60-26-38-67(39-27-60)94-80(90)95-69-42-30-62(31-43-69)86(5,6)63-32-44-70(45-33-63)96-81(91)98-71-46-34-64(35-47-71)87(78-25-17-16-24-77(78)79(89)88(87)66-22-14-9-15-23-66)65-36-48-72(49-37-65)99-83(93)101-74-52-56-76(57-53-74)103-102-75-54-50-73(51-55-75)100-82(92)97-68-40-28-61(29-41-68)85(3,4)59-20-12-8-13-21-59/h7-57H,1-6H3. The van der Waals surface area contributed by atoms with Gasteiger partial charge >= 0.3 is 24.6 Å². The molecule has 12 aromatic rings. The number of benzene rings is 12. The lowest BCUT2D eigenvalue weighted by atomic mass is 9.76. The fourth-order valence-electron chi connectivity index (χ4n) is 12.6. The van der Waals surface area contributed by atoms with Gasteiger partial charge in [0.25, 0.3) is 5.91 Å². The fraction of sp³-hybridized carbons (Fsp3) is 0.115. The van der Waals surface area contributed by atoms with E-state index in [9.17, 15) is 24.0 Å². The van der Waals surface area contributed by atoms with E-state index in [2.05, 4.69) is 65.8 Å². The Kier molecular flexibility index (Phi) is 20.2. The molecule has 0 saturated carbocycles. The number of carbonyl (C=O) groups excluding carboxylic acids is 5. The normalized spacial score (nSPS) is 13.4. The molecule has 103 heavy (non-hydrogen) atoms. The maximum absolute atomic E-state index is 14.8. The predicted molar refractivity (Wildman–Crippen MR) is 399 cm³/mol. The third-order valence-corrected chi connectivity index (χ3v) is 20.8. The lowest BCUT2D eigenvalue weighted by molar-refractivity contribution is 0.0986. The van der Waals surface area contributed by atoms with Crippen LogP contribution in [0.5, 0.6) is 46.0 Å². The molecular weight excluding hydrogens is 1330 g/mol. The van der Waals surface area contributed by atoms with Crippen LogP contribution in [-0.4, -0.2) is 30.5 Å². The minimum atomic E-state index is -1.27. The number of amides is 1. The molecule has 1 heterocycles. The third-order valence-electron chi connectivity index (χ3n) is 18.4. The Hall–Kier alpha value is -12.1. The summed E-state index contributed by atoms with van der Waals surface area (Å²) >= 11 is 0. The number of hydrogen-bond acceptors (Lipinski definition) is 15. The first-order valence-corrected chi connectivity index (χ1v) is 35.3. The summed E-state index contributed by atoms with van der Waals surface area (Å²) in [6, 6.07) is 94.2. The summed E-state index contributed by atoms with van der Waals surface area (Å²) in [5, 5.41) is 0. The number of rotatable bonds is 20. The van der Waals surface area contributed by atoms with Gasteiger partial charge in [0, 0.05) is 37.3 Å². The molecule has 14 nitrogen and oxygen atoms in total. The monoisotopic (exact) mass is 1400 g/mol. The molecule has 0 saturated heterocycles. The molecule has 1 atom stereocenters. The van der Waals surface area contributed by atoms with Crippen molar-refractivity contribution in [3.8, 4) is 46.0 Å². The molecule has 0 N–H and O–H groups in total. The lowest BCUT2D eigenvalue weighted by Crippen LogP contribution is -2.46. The summed E-state index contributed by atoms with van der Waals surface area (Å²) in [5.41, 5.74) is 7.26. The van der Waals surface area contributed by atoms with E-state index in [0.29, 0.717) is 50.9 Å². The van der Waals surface area contributed by atoms with E-state index in [1.54, 1.807) is 132 Å². The summed E-state index contributed by atoms with van der Waals surface area (Å²) in [6.45, 7) is 12.7. The molecule has 0 aromatic heterocycles. The van der Waals surface area contributed by atoms with Gasteiger partial charge in [-0.3, -0.25) is 9.69 Å². The number of para-hydroxylation sites is 1. The average molecular weight is 1400 g/mol. The highest BCUT2D eigenvalue weighted by Gasteiger charge is 2.53. The van der Waals surface area contributed by atoms with Gasteiger partial charge in [0.2, 0.25) is 0 Å². The molecule has 13 rings (SSSR count). The quantitative estimate of drug-likeness (QED) is 0.0402. The van der Waals surface area contributed by atoms with Crippen LogP contribution in [0.1, 0.15) is 102 Å². The van der Waals surface area contributed by atoms with E-state index in [0.717, 1.165) is 32.0 Å². The second-order valence-electron chi connectivity index (χ2n) is 25.9. The molecule has 0 spiro atoms. The van der Waals surface area contributed by atoms with Gasteiger partial charge in [-0.1, -0.05) is 233 Å². The van der Waals surface area contributed by atoms with Crippen molar-refractivity contribution in [1.29, 1.82) is 0 Å². The first-order valence-electron chi connectivity index (χ1n) is 33.2. The van der Waals surface area contributed by atoms with Crippen molar-refractivity contribution >= 4 is 57.8 Å². The highest BCUT2D eigenvalue weighted by Crippen LogP contribution is 2.52. The molecule has 16 heteroatoms. The van der Waals surface area contributed by atoms with Crippen LogP contribution in [-0.2, 0) is 21.8 Å². The van der Waals surface area contributed by atoms with Crippen molar-refractivity contribution in [2.75, 3.05) is 4.90 Å². The van der Waals surface area contributed by atoms with Crippen LogP contribution in [0, 0.1) is 0 Å². The van der Waals surface area contributed by atoms with Gasteiger partial charge in [0.1, 0.15) is 51.5 Å². The number of fused-ring (bicyclic) bond motifs is 1. The zero-order valence-electron chi connectivity index (χ0n) is 57.0. The number of nitrogens with zero attached hydrogens (tertiary/aromatic N) is 1. The van der Waals surface area contributed by atoms with Crippen LogP contribution in [0.15, 0.2) is 319 Å². The van der Waals surface area contributed by atoms with Gasteiger partial charge in [0.15, 0.2) is 0 Å². The van der Waals surface area contributed by atoms with Crippen molar-refractivity contribution in [3.63, 3.8) is 0 Å². The number of anilines is 1. The van der Waals surface area contributed by atoms with Crippen LogP contribution in [0.2, 0.25) is 0 Å². The fourth-order valence-corrected chi connectivity index (χ4v) is 14.5. The van der Waals surface area contributed by atoms with E-state index >= 15 is 0 Å². The summed E-state index contributed by atoms with van der Waals surface area (Å²) in [6.07, 6.45) is -3.62. The first kappa shape index (κ1) is 69.4. The van der Waals surface area contributed by atoms with Crippen LogP contribution in [0.3, 0.4) is 0 Å². The molecule has 1 aliphatic rings. The van der Waals surface area contributed by atoms with Crippen molar-refractivity contribution < 1.29 is 61.9 Å². The second-order valence-corrected chi connectivity index (χ2v) is 28.2. The van der Waals surface area contributed by atoms with Crippen molar-refractivity contribution in [2.24, 2.45) is 0 Å². The zero-order chi connectivity index (χ0) is 71.7. The van der Waals surface area contributed by atoms with Crippen molar-refractivity contribution in [2.45, 2.75) is 73.1 Å². The van der Waals surface area contributed by atoms with E-state index in [-0.39, 0.29) is 39.7 Å². The minimum absolute atomic E-state index is 0.191. The van der Waals surface area contributed by atoms with E-state index < -0.39 is 35.6 Å². The maximum atomic E-state index is 14.8. The van der Waals surface area contributed by atoms with Crippen molar-refractivity contribution in [3.05, 3.63) is 365 Å². The Labute approximate surface area is 605 Å². The Morgan fingerprint density at radius 2 is 0.515 bits per heavy atom. The molecule has 12 aromatic carbocycles. The molecule has 0 bridgehead atoms. The smallest absolute Gasteiger partial charge is 0.395 e. The van der Waals surface area contributed by atoms with Gasteiger partial charge in [0.05, 0.1) is 0 Å². The summed E-state index contributed by atoms with van der Waals surface area (Å²) < 4.78 is 44.7. The van der Waals surface area contributed by atoms with Gasteiger partial charge in [-0.05, 0) is 190 Å². The van der Waals surface area contributed by atoms with Gasteiger partial charge in [-0.2, -0.15) is 0 Å². The first-order chi connectivity index (χ1) is 49.8. The summed E-state index contributed by atoms with van der Waals surface area (Å²) in [5.74, 6) is 2.07. The lowest BCUT2D eigenvalue weighted by Gasteiger charge is -2.40. The molecule has 0 aliphatic carbocycles. The zero-order valence-corrected chi connectivity index (χ0v) is 58.6. The van der Waals surface area contributed by atoms with Gasteiger partial charge in [-0.25, -0.2) is 19.2 Å². The Morgan fingerprint density at radius 3 is 0.806 bits per heavy atom. The Bertz CT molecular complexity index is 4980. The molecule has 0 fully saturated rings. The predicted octanol–water partition coefficient (Wildman–Crippen LogP) is 21.7. The van der Waals surface area contributed by atoms with Crippen LogP contribution >= 0.6 is 21.6 Å². The van der Waals surface area contributed by atoms with Crippen LogP contribution in [0.4, 0.5) is 24.9 Å². The maximum Gasteiger partial charge on any atom is 0.519 e. The molecule has 1 amide bonds. The summed E-state index contributed by atoms with van der Waals surface area (Å²) in [4.78, 5) is 70.7. The molecule has 1 unspecified atom stereocenters. The van der Waals surface area contributed by atoms with Gasteiger partial charge < -0.3 is 37.9 Å². The molecular formula is C87H69NO13S2. The number of carbonyl (C=O) groups is 5. The highest BCUT2D eigenvalue weighted by atomic mass is 33.1. The van der Waals surface area contributed by atoms with E-state index in [4.69, 9.17) is 37.9 Å². The third kappa shape index (κ3) is 15.5. The highest BCUT2D eigenvalue weighted by molar-refractivity contribution is 8.76. The SMILES string of the molecule is CC(C)(c1ccccc1)c1ccc(OC(=O)Oc2ccc(SSc3ccc(OC(=O)Oc4ccc(C5(c6ccc(OC(=O)Oc7ccc(C(C)(C)c8ccc(OC(=O)Oc9ccc(C(C)(C)c%10ccccc%10)cc9)cc8)cc7)cc6)c6ccccc6C(=O)N5c5ccccc5)cc4)cc3)cc2)cc1. The number of ether oxygens (including phenoxy) is 8. The molecule has 512 valence electrons. The summed E-state index contributed by atoms with van der Waals surface area (Å²) in [7, 11) is 2.98. The topological polar surface area (TPSA) is 162 Å². The minimum Gasteiger partial charge on any atom is -0.395 e. The Balaban J connectivity index is 0.612. The molecule has 1 aliphatic heterocycles. The van der Waals surface area contributed by atoms with Gasteiger partial charge in [-0.15, -0.1) is 0 Å². The number of hydrogen-bond donors (Lipinski definition) is 0. The van der Waals surface area contributed by atoms with Crippen molar-refractivity contribution in [1.82, 2.24) is 0 Å². The van der Waals surface area contributed by atoms with E-state index in [1.807, 2.05) is 158 Å². The van der Waals surface area contributed by atoms with Crippen LogP contribution in [0.25, 0.3) is 0 Å².